The van der Waals surface area contributed by atoms with E-state index >= 15 is 0 Å². The minimum atomic E-state index is -4.02. The molecule has 11 heteroatoms. The van der Waals surface area contributed by atoms with E-state index in [2.05, 4.69) is 35.5 Å². The van der Waals surface area contributed by atoms with Gasteiger partial charge in [-0.3, -0.25) is 4.72 Å². The second-order valence-electron chi connectivity index (χ2n) is 9.22. The fraction of sp³-hybridized carbons (Fsp3) is 0.360. The van der Waals surface area contributed by atoms with Gasteiger partial charge in [-0.15, -0.1) is 0 Å². The zero-order valence-corrected chi connectivity index (χ0v) is 22.2. The Balaban J connectivity index is 1.74. The van der Waals surface area contributed by atoms with Gasteiger partial charge < -0.3 is 19.1 Å². The van der Waals surface area contributed by atoms with E-state index in [9.17, 15) is 8.42 Å². The lowest BCUT2D eigenvalue weighted by Gasteiger charge is -2.27. The van der Waals surface area contributed by atoms with Crippen molar-refractivity contribution < 1.29 is 22.6 Å². The zero-order valence-electron chi connectivity index (χ0n) is 20.6. The maximum absolute atomic E-state index is 13.4. The van der Waals surface area contributed by atoms with Crippen molar-refractivity contribution in [3.63, 3.8) is 0 Å². The number of methoxy groups -OCH3 is 1. The van der Waals surface area contributed by atoms with Gasteiger partial charge in [0.1, 0.15) is 0 Å². The van der Waals surface area contributed by atoms with Crippen molar-refractivity contribution >= 4 is 33.4 Å². The topological polar surface area (TPSA) is 103 Å². The van der Waals surface area contributed by atoms with Gasteiger partial charge in [-0.2, -0.15) is 9.97 Å². The number of aromatic nitrogens is 2. The number of sulfonamides is 1. The Morgan fingerprint density at radius 1 is 1.00 bits per heavy atom. The van der Waals surface area contributed by atoms with Crippen LogP contribution >= 0.6 is 11.6 Å². The minimum Gasteiger partial charge on any atom is -0.493 e. The largest absolute Gasteiger partial charge is 0.493 e. The number of nitrogens with one attached hydrogen (secondary N) is 1. The maximum Gasteiger partial charge on any atom is 0.263 e. The van der Waals surface area contributed by atoms with E-state index in [0.717, 1.165) is 5.56 Å². The zero-order chi connectivity index (χ0) is 25.9. The highest BCUT2D eigenvalue weighted by Gasteiger charge is 2.26. The summed E-state index contributed by atoms with van der Waals surface area (Å²) in [6.07, 6.45) is 0. The van der Waals surface area contributed by atoms with E-state index in [1.165, 1.54) is 7.11 Å². The summed E-state index contributed by atoms with van der Waals surface area (Å²) in [5.41, 5.74) is 0.903. The smallest absolute Gasteiger partial charge is 0.263 e. The predicted octanol–water partition coefficient (Wildman–Crippen LogP) is 4.87. The molecule has 1 aromatic heterocycles. The first-order valence-electron chi connectivity index (χ1n) is 11.4. The molecule has 0 saturated carbocycles. The first-order valence-corrected chi connectivity index (χ1v) is 13.3. The fourth-order valence-corrected chi connectivity index (χ4v) is 4.82. The molecule has 9 nitrogen and oxygen atoms in total. The van der Waals surface area contributed by atoms with Crippen LogP contribution in [0.15, 0.2) is 53.4 Å². The molecule has 0 radical (unpaired) electrons. The molecule has 3 aromatic rings. The quantitative estimate of drug-likeness (QED) is 0.430. The lowest BCUT2D eigenvalue weighted by Crippen LogP contribution is -2.37. The summed E-state index contributed by atoms with van der Waals surface area (Å²) in [6, 6.07) is 13.7. The predicted molar refractivity (Wildman–Crippen MR) is 139 cm³/mol. The SMILES string of the molecule is COc1ccccc1Oc1c(Cl)nc(N2CCOCC2)nc1NS(=O)(=O)c1ccc(C(C)(C)C)cc1. The van der Waals surface area contributed by atoms with Crippen LogP contribution in [0.5, 0.6) is 17.2 Å². The number of hydrogen-bond donors (Lipinski definition) is 1. The molecule has 0 spiro atoms. The standard InChI is InChI=1S/C25H29ClN4O5S/c1-25(2,3)17-9-11-18(12-10-17)36(31,32)29-23-21(35-20-8-6-5-7-19(20)33-4)22(26)27-24(28-23)30-13-15-34-16-14-30/h5-12H,13-16H2,1-4H3,(H,27,28,29). The molecule has 0 atom stereocenters. The van der Waals surface area contributed by atoms with Gasteiger partial charge in [0.15, 0.2) is 22.5 Å². The molecule has 0 bridgehead atoms. The number of hydrogen-bond acceptors (Lipinski definition) is 8. The molecular formula is C25H29ClN4O5S. The van der Waals surface area contributed by atoms with Gasteiger partial charge in [-0.25, -0.2) is 8.42 Å². The van der Waals surface area contributed by atoms with Crippen molar-refractivity contribution in [2.75, 3.05) is 43.0 Å². The Hall–Kier alpha value is -3.08. The molecule has 1 aliphatic heterocycles. The van der Waals surface area contributed by atoms with Crippen LogP contribution in [0.4, 0.5) is 11.8 Å². The van der Waals surface area contributed by atoms with E-state index in [1.807, 2.05) is 4.90 Å². The second kappa shape index (κ2) is 10.5. The van der Waals surface area contributed by atoms with E-state index in [4.69, 9.17) is 25.8 Å². The van der Waals surface area contributed by atoms with Crippen LogP contribution in [0.25, 0.3) is 0 Å². The summed E-state index contributed by atoms with van der Waals surface area (Å²) in [5, 5.41) is -0.0434. The summed E-state index contributed by atoms with van der Waals surface area (Å²) >= 11 is 6.54. The van der Waals surface area contributed by atoms with Crippen LogP contribution in [0, 0.1) is 0 Å². The van der Waals surface area contributed by atoms with Gasteiger partial charge in [0.2, 0.25) is 11.7 Å². The number of anilines is 2. The third-order valence-electron chi connectivity index (χ3n) is 5.65. The number of benzene rings is 2. The third kappa shape index (κ3) is 5.83. The van der Waals surface area contributed by atoms with E-state index in [0.29, 0.717) is 37.8 Å². The maximum atomic E-state index is 13.4. The highest BCUT2D eigenvalue weighted by Crippen LogP contribution is 2.40. The molecule has 192 valence electrons. The summed E-state index contributed by atoms with van der Waals surface area (Å²) in [4.78, 5) is 10.8. The first kappa shape index (κ1) is 26.0. The monoisotopic (exact) mass is 532 g/mol. The molecule has 0 aliphatic carbocycles. The third-order valence-corrected chi connectivity index (χ3v) is 7.26. The molecule has 2 aromatic carbocycles. The summed E-state index contributed by atoms with van der Waals surface area (Å²) in [7, 11) is -2.52. The Kier molecular flexibility index (Phi) is 7.58. The van der Waals surface area contributed by atoms with Gasteiger partial charge in [0, 0.05) is 13.1 Å². The molecule has 1 N–H and O–H groups in total. The Morgan fingerprint density at radius 2 is 1.64 bits per heavy atom. The highest BCUT2D eigenvalue weighted by atomic mass is 35.5. The molecule has 1 fully saturated rings. The van der Waals surface area contributed by atoms with Gasteiger partial charge in [0.25, 0.3) is 10.0 Å². The van der Waals surface area contributed by atoms with Gasteiger partial charge in [-0.05, 0) is 35.2 Å². The molecule has 36 heavy (non-hydrogen) atoms. The molecular weight excluding hydrogens is 504 g/mol. The lowest BCUT2D eigenvalue weighted by atomic mass is 9.87. The van der Waals surface area contributed by atoms with Crippen molar-refractivity contribution in [1.82, 2.24) is 9.97 Å². The summed E-state index contributed by atoms with van der Waals surface area (Å²) in [5.74, 6) is 0.934. The van der Waals surface area contributed by atoms with Gasteiger partial charge in [-0.1, -0.05) is 56.6 Å². The van der Waals surface area contributed by atoms with Crippen molar-refractivity contribution in [2.24, 2.45) is 0 Å². The molecule has 1 saturated heterocycles. The number of halogens is 1. The first-order chi connectivity index (χ1) is 17.1. The molecule has 2 heterocycles. The Labute approximate surface area is 216 Å². The number of nitrogens with zero attached hydrogens (tertiary/aromatic N) is 3. The van der Waals surface area contributed by atoms with Crippen molar-refractivity contribution in [2.45, 2.75) is 31.1 Å². The second-order valence-corrected chi connectivity index (χ2v) is 11.3. The van der Waals surface area contributed by atoms with Crippen molar-refractivity contribution in [3.05, 3.63) is 59.2 Å². The summed E-state index contributed by atoms with van der Waals surface area (Å²) < 4.78 is 46.0. The molecule has 0 unspecified atom stereocenters. The number of ether oxygens (including phenoxy) is 3. The number of rotatable bonds is 7. The van der Waals surface area contributed by atoms with Crippen LogP contribution in [0.1, 0.15) is 26.3 Å². The highest BCUT2D eigenvalue weighted by molar-refractivity contribution is 7.92. The summed E-state index contributed by atoms with van der Waals surface area (Å²) in [6.45, 7) is 8.28. The van der Waals surface area contributed by atoms with Gasteiger partial charge >= 0.3 is 0 Å². The molecule has 0 amide bonds. The molecule has 4 rings (SSSR count). The average Bonchev–Trinajstić information content (AvgIpc) is 2.86. The minimum absolute atomic E-state index is 0.0342. The van der Waals surface area contributed by atoms with Crippen LogP contribution in [0.3, 0.4) is 0 Å². The van der Waals surface area contributed by atoms with Crippen molar-refractivity contribution in [1.29, 1.82) is 0 Å². The van der Waals surface area contributed by atoms with Gasteiger partial charge in [0.05, 0.1) is 25.2 Å². The number of para-hydroxylation sites is 2. The van der Waals surface area contributed by atoms with E-state index < -0.39 is 10.0 Å². The number of morpholine rings is 1. The van der Waals surface area contributed by atoms with E-state index in [1.54, 1.807) is 48.5 Å². The van der Waals surface area contributed by atoms with Crippen LogP contribution in [-0.4, -0.2) is 51.8 Å². The molecule has 1 aliphatic rings. The van der Waals surface area contributed by atoms with Crippen LogP contribution in [0.2, 0.25) is 5.15 Å². The van der Waals surface area contributed by atoms with Crippen LogP contribution in [-0.2, 0) is 20.2 Å². The van der Waals surface area contributed by atoms with E-state index in [-0.39, 0.29) is 33.0 Å². The van der Waals surface area contributed by atoms with Crippen LogP contribution < -0.4 is 19.1 Å². The lowest BCUT2D eigenvalue weighted by molar-refractivity contribution is 0.122. The Morgan fingerprint density at radius 3 is 2.25 bits per heavy atom. The Bertz CT molecular complexity index is 1320. The normalized spacial score (nSPS) is 14.4. The van der Waals surface area contributed by atoms with Crippen molar-refractivity contribution in [3.8, 4) is 17.2 Å². The average molecular weight is 533 g/mol. The fourth-order valence-electron chi connectivity index (χ4n) is 3.61.